The maximum Gasteiger partial charge on any atom is 0.105 e. The Hall–Kier alpha value is -2.23. The van der Waals surface area contributed by atoms with Gasteiger partial charge >= 0.3 is 0 Å². The van der Waals surface area contributed by atoms with Crippen LogP contribution in [-0.2, 0) is 11.3 Å². The highest BCUT2D eigenvalue weighted by atomic mass is 16.5. The second-order valence-corrected chi connectivity index (χ2v) is 4.98. The molecule has 0 amide bonds. The van der Waals surface area contributed by atoms with Crippen LogP contribution < -0.4 is 0 Å². The van der Waals surface area contributed by atoms with E-state index in [0.29, 0.717) is 6.61 Å². The molecule has 0 radical (unpaired) electrons. The van der Waals surface area contributed by atoms with Gasteiger partial charge in [-0.3, -0.25) is 4.98 Å². The highest BCUT2D eigenvalue weighted by molar-refractivity contribution is 5.85. The smallest absolute Gasteiger partial charge is 0.105 e. The summed E-state index contributed by atoms with van der Waals surface area (Å²) in [4.78, 5) is 4.13. The zero-order valence-electron chi connectivity index (χ0n) is 11.9. The first-order chi connectivity index (χ1) is 10.3. The first-order valence-electron chi connectivity index (χ1n) is 6.88. The normalized spacial score (nSPS) is 12.5. The van der Waals surface area contributed by atoms with Crippen molar-refractivity contribution in [1.29, 1.82) is 0 Å². The van der Waals surface area contributed by atoms with Gasteiger partial charge in [0.2, 0.25) is 0 Å². The molecule has 3 aromatic rings. The van der Waals surface area contributed by atoms with Crippen LogP contribution in [0.3, 0.4) is 0 Å². The van der Waals surface area contributed by atoms with E-state index in [-0.39, 0.29) is 0 Å². The third-order valence-corrected chi connectivity index (χ3v) is 3.66. The van der Waals surface area contributed by atoms with Crippen LogP contribution in [0.5, 0.6) is 0 Å². The topological polar surface area (TPSA) is 42.4 Å². The van der Waals surface area contributed by atoms with Crippen LogP contribution in [0, 0.1) is 0 Å². The quantitative estimate of drug-likeness (QED) is 0.795. The lowest BCUT2D eigenvalue weighted by atomic mass is 9.94. The van der Waals surface area contributed by atoms with Gasteiger partial charge in [-0.05, 0) is 28.1 Å². The van der Waals surface area contributed by atoms with Gasteiger partial charge in [-0.1, -0.05) is 42.5 Å². The van der Waals surface area contributed by atoms with Gasteiger partial charge in [0.05, 0.1) is 6.61 Å². The van der Waals surface area contributed by atoms with E-state index < -0.39 is 6.10 Å². The SMILES string of the molecule is COCc1ccccc1C(O)c1cccc2cnccc12. The summed E-state index contributed by atoms with van der Waals surface area (Å²) in [5.41, 5.74) is 2.76. The summed E-state index contributed by atoms with van der Waals surface area (Å²) in [5.74, 6) is 0. The summed E-state index contributed by atoms with van der Waals surface area (Å²) in [6.45, 7) is 0.486. The van der Waals surface area contributed by atoms with Crippen molar-refractivity contribution < 1.29 is 9.84 Å². The minimum atomic E-state index is -0.678. The first-order valence-corrected chi connectivity index (χ1v) is 6.88. The number of ether oxygens (including phenoxy) is 1. The lowest BCUT2D eigenvalue weighted by Gasteiger charge is -2.17. The van der Waals surface area contributed by atoms with E-state index in [2.05, 4.69) is 4.98 Å². The van der Waals surface area contributed by atoms with Gasteiger partial charge in [0.25, 0.3) is 0 Å². The van der Waals surface area contributed by atoms with Gasteiger partial charge in [0.15, 0.2) is 0 Å². The molecule has 1 N–H and O–H groups in total. The first kappa shape index (κ1) is 13.7. The Kier molecular flexibility index (Phi) is 3.95. The third kappa shape index (κ3) is 2.66. The summed E-state index contributed by atoms with van der Waals surface area (Å²) in [6, 6.07) is 15.7. The number of methoxy groups -OCH3 is 1. The van der Waals surface area contributed by atoms with Crippen LogP contribution in [-0.4, -0.2) is 17.2 Å². The van der Waals surface area contributed by atoms with Crippen molar-refractivity contribution in [3.63, 3.8) is 0 Å². The Morgan fingerprint density at radius 1 is 1.05 bits per heavy atom. The van der Waals surface area contributed by atoms with Crippen molar-refractivity contribution in [2.24, 2.45) is 0 Å². The molecule has 21 heavy (non-hydrogen) atoms. The van der Waals surface area contributed by atoms with Gasteiger partial charge in [0.1, 0.15) is 6.10 Å². The number of pyridine rings is 1. The molecule has 106 valence electrons. The Morgan fingerprint density at radius 2 is 1.86 bits per heavy atom. The molecule has 0 fully saturated rings. The Balaban J connectivity index is 2.11. The minimum absolute atomic E-state index is 0.486. The van der Waals surface area contributed by atoms with Crippen molar-refractivity contribution in [1.82, 2.24) is 4.98 Å². The third-order valence-electron chi connectivity index (χ3n) is 3.66. The average Bonchev–Trinajstić information content (AvgIpc) is 2.54. The van der Waals surface area contributed by atoms with E-state index in [1.165, 1.54) is 0 Å². The van der Waals surface area contributed by atoms with Crippen LogP contribution in [0.15, 0.2) is 60.9 Å². The van der Waals surface area contributed by atoms with Crippen LogP contribution in [0.2, 0.25) is 0 Å². The molecule has 3 heteroatoms. The second kappa shape index (κ2) is 6.04. The summed E-state index contributed by atoms with van der Waals surface area (Å²) in [5, 5.41) is 12.9. The van der Waals surface area contributed by atoms with Gasteiger partial charge in [-0.15, -0.1) is 0 Å². The standard InChI is InChI=1S/C18H17NO2/c1-21-12-14-5-2-3-7-16(14)18(20)17-8-4-6-13-11-19-10-9-15(13)17/h2-11,18,20H,12H2,1H3. The molecule has 1 aromatic heterocycles. The van der Waals surface area contributed by atoms with Gasteiger partial charge in [-0.25, -0.2) is 0 Å². The van der Waals surface area contributed by atoms with Crippen LogP contribution in [0.25, 0.3) is 10.8 Å². The maximum absolute atomic E-state index is 10.8. The zero-order chi connectivity index (χ0) is 14.7. The fourth-order valence-corrected chi connectivity index (χ4v) is 2.64. The lowest BCUT2D eigenvalue weighted by molar-refractivity contribution is 0.176. The number of aliphatic hydroxyl groups excluding tert-OH is 1. The molecule has 0 bridgehead atoms. The molecule has 1 unspecified atom stereocenters. The summed E-state index contributed by atoms with van der Waals surface area (Å²) >= 11 is 0. The van der Waals surface area contributed by atoms with Crippen LogP contribution in [0.1, 0.15) is 22.8 Å². The molecule has 0 aliphatic heterocycles. The lowest BCUT2D eigenvalue weighted by Crippen LogP contribution is -2.05. The average molecular weight is 279 g/mol. The highest BCUT2D eigenvalue weighted by Gasteiger charge is 2.16. The fourth-order valence-electron chi connectivity index (χ4n) is 2.64. The molecule has 0 aliphatic rings. The fraction of sp³-hybridized carbons (Fsp3) is 0.167. The van der Waals surface area contributed by atoms with Crippen molar-refractivity contribution in [3.05, 3.63) is 77.6 Å². The second-order valence-electron chi connectivity index (χ2n) is 4.98. The van der Waals surface area contributed by atoms with E-state index in [0.717, 1.165) is 27.5 Å². The molecule has 2 aromatic carbocycles. The van der Waals surface area contributed by atoms with Crippen LogP contribution in [0.4, 0.5) is 0 Å². The van der Waals surface area contributed by atoms with E-state index in [4.69, 9.17) is 4.74 Å². The zero-order valence-corrected chi connectivity index (χ0v) is 11.9. The number of fused-ring (bicyclic) bond motifs is 1. The van der Waals surface area contributed by atoms with Gasteiger partial charge in [-0.2, -0.15) is 0 Å². The summed E-state index contributed by atoms with van der Waals surface area (Å²) in [6.07, 6.45) is 2.88. The van der Waals surface area contributed by atoms with Crippen molar-refractivity contribution >= 4 is 10.8 Å². The molecular formula is C18H17NO2. The number of rotatable bonds is 4. The molecule has 1 atom stereocenters. The predicted molar refractivity (Wildman–Crippen MR) is 83.0 cm³/mol. The Morgan fingerprint density at radius 3 is 2.71 bits per heavy atom. The highest BCUT2D eigenvalue weighted by Crippen LogP contribution is 2.30. The van der Waals surface area contributed by atoms with E-state index in [1.807, 2.05) is 54.7 Å². The number of hydrogen-bond acceptors (Lipinski definition) is 3. The molecular weight excluding hydrogens is 262 g/mol. The number of hydrogen-bond donors (Lipinski definition) is 1. The van der Waals surface area contributed by atoms with E-state index in [9.17, 15) is 5.11 Å². The molecule has 0 saturated carbocycles. The monoisotopic (exact) mass is 279 g/mol. The van der Waals surface area contributed by atoms with E-state index in [1.54, 1.807) is 13.3 Å². The Labute approximate surface area is 123 Å². The number of nitrogens with zero attached hydrogens (tertiary/aromatic N) is 1. The molecule has 0 spiro atoms. The summed E-state index contributed by atoms with van der Waals surface area (Å²) in [7, 11) is 1.66. The number of aliphatic hydroxyl groups is 1. The molecule has 1 heterocycles. The van der Waals surface area contributed by atoms with Crippen molar-refractivity contribution in [3.8, 4) is 0 Å². The number of aromatic nitrogens is 1. The Bertz CT molecular complexity index is 750. The maximum atomic E-state index is 10.8. The van der Waals surface area contributed by atoms with Gasteiger partial charge in [0, 0.05) is 24.9 Å². The molecule has 0 saturated heterocycles. The molecule has 0 aliphatic carbocycles. The largest absolute Gasteiger partial charge is 0.384 e. The predicted octanol–water partition coefficient (Wildman–Crippen LogP) is 3.46. The van der Waals surface area contributed by atoms with Crippen LogP contribution >= 0.6 is 0 Å². The van der Waals surface area contributed by atoms with Crippen molar-refractivity contribution in [2.75, 3.05) is 7.11 Å². The summed E-state index contributed by atoms with van der Waals surface area (Å²) < 4.78 is 5.22. The minimum Gasteiger partial charge on any atom is -0.384 e. The van der Waals surface area contributed by atoms with E-state index >= 15 is 0 Å². The van der Waals surface area contributed by atoms with Gasteiger partial charge < -0.3 is 9.84 Å². The number of benzene rings is 2. The molecule has 3 rings (SSSR count). The molecule has 3 nitrogen and oxygen atoms in total. The van der Waals surface area contributed by atoms with Crippen molar-refractivity contribution in [2.45, 2.75) is 12.7 Å².